The van der Waals surface area contributed by atoms with Crippen LogP contribution in [0.4, 0.5) is 0 Å². The first-order valence-electron chi connectivity index (χ1n) is 5.56. The fourth-order valence-corrected chi connectivity index (χ4v) is 1.54. The van der Waals surface area contributed by atoms with Gasteiger partial charge in [0, 0.05) is 6.54 Å². The van der Waals surface area contributed by atoms with E-state index in [4.69, 9.17) is 26.4 Å². The van der Waals surface area contributed by atoms with Crippen LogP contribution in [0.25, 0.3) is 0 Å². The van der Waals surface area contributed by atoms with Crippen LogP contribution in [0.3, 0.4) is 0 Å². The van der Waals surface area contributed by atoms with E-state index in [1.54, 1.807) is 0 Å². The highest BCUT2D eigenvalue weighted by Gasteiger charge is 2.43. The fraction of sp³-hybridized carbons (Fsp3) is 0.364. The molecule has 0 unspecified atom stereocenters. The largest absolute Gasteiger partial charge is 0.480 e. The van der Waals surface area contributed by atoms with Crippen molar-refractivity contribution in [3.8, 4) is 0 Å². The third-order valence-electron chi connectivity index (χ3n) is 2.60. The summed E-state index contributed by atoms with van der Waals surface area (Å²) in [6.07, 6.45) is 1.45. The van der Waals surface area contributed by atoms with E-state index >= 15 is 0 Å². The van der Waals surface area contributed by atoms with Crippen LogP contribution >= 0.6 is 0 Å². The van der Waals surface area contributed by atoms with Gasteiger partial charge in [0.15, 0.2) is 17.3 Å². The molecule has 0 aliphatic carbocycles. The van der Waals surface area contributed by atoms with Crippen LogP contribution in [0, 0.1) is 5.41 Å². The van der Waals surface area contributed by atoms with E-state index in [1.807, 2.05) is 0 Å². The van der Waals surface area contributed by atoms with Gasteiger partial charge in [-0.3, -0.25) is 10.2 Å². The summed E-state index contributed by atoms with van der Waals surface area (Å²) in [6.45, 7) is 0.257. The number of ketones is 1. The van der Waals surface area contributed by atoms with Crippen LogP contribution in [-0.2, 0) is 4.79 Å². The number of hydrogen-bond acceptors (Lipinski definition) is 5. The molecule has 0 spiro atoms. The van der Waals surface area contributed by atoms with Crippen LogP contribution < -0.4 is 16.8 Å². The Morgan fingerprint density at radius 2 is 2.21 bits per heavy atom. The number of rotatable bonds is 7. The molecule has 7 N–H and O–H groups in total. The number of furan rings is 1. The highest BCUT2D eigenvalue weighted by molar-refractivity contribution is 6.14. The number of hydrogen-bond donors (Lipinski definition) is 5. The average molecular weight is 268 g/mol. The summed E-state index contributed by atoms with van der Waals surface area (Å²) in [5.41, 5.74) is 8.71. The number of Topliss-reactive ketones (excluding diaryl/α,β-unsaturated/α-hetero) is 1. The van der Waals surface area contributed by atoms with Crippen LogP contribution in [0.5, 0.6) is 0 Å². The van der Waals surface area contributed by atoms with Gasteiger partial charge in [0.05, 0.1) is 6.26 Å². The van der Waals surface area contributed by atoms with Gasteiger partial charge in [-0.1, -0.05) is 0 Å². The molecular weight excluding hydrogens is 252 g/mol. The highest BCUT2D eigenvalue weighted by Crippen LogP contribution is 2.17. The SMILES string of the molecule is N=C(N)NCCC[C@](N)(C(=O)O)C(=O)c1ccco1. The molecule has 8 nitrogen and oxygen atoms in total. The molecule has 0 aromatic carbocycles. The average Bonchev–Trinajstić information content (AvgIpc) is 2.86. The number of carboxylic acids is 1. The standard InChI is InChI=1S/C11H16N4O4/c12-10(13)15-5-2-4-11(14,9(17)18)8(16)7-3-1-6-19-7/h1,3,6H,2,4-5,14H2,(H,17,18)(H4,12,13,15)/t11-/m1/s1. The Bertz CT molecular complexity index is 471. The number of carbonyl (C=O) groups is 2. The van der Waals surface area contributed by atoms with Crippen molar-refractivity contribution in [2.75, 3.05) is 6.54 Å². The highest BCUT2D eigenvalue weighted by atomic mass is 16.4. The topological polar surface area (TPSA) is 155 Å². The minimum Gasteiger partial charge on any atom is -0.480 e. The lowest BCUT2D eigenvalue weighted by atomic mass is 9.88. The molecule has 0 aliphatic rings. The number of guanidine groups is 1. The van der Waals surface area contributed by atoms with Gasteiger partial charge in [0.1, 0.15) is 0 Å². The van der Waals surface area contributed by atoms with E-state index in [9.17, 15) is 9.59 Å². The lowest BCUT2D eigenvalue weighted by molar-refractivity contribution is -0.141. The maximum atomic E-state index is 12.0. The van der Waals surface area contributed by atoms with E-state index in [0.29, 0.717) is 0 Å². The molecule has 0 saturated heterocycles. The van der Waals surface area contributed by atoms with Crippen molar-refractivity contribution in [1.82, 2.24) is 5.32 Å². The Morgan fingerprint density at radius 3 is 2.68 bits per heavy atom. The molecule has 1 heterocycles. The first-order valence-corrected chi connectivity index (χ1v) is 5.56. The quantitative estimate of drug-likeness (QED) is 0.147. The van der Waals surface area contributed by atoms with Crippen molar-refractivity contribution in [2.24, 2.45) is 11.5 Å². The smallest absolute Gasteiger partial charge is 0.331 e. The third-order valence-corrected chi connectivity index (χ3v) is 2.60. The lowest BCUT2D eigenvalue weighted by Crippen LogP contribution is -2.55. The summed E-state index contributed by atoms with van der Waals surface area (Å²) < 4.78 is 4.87. The van der Waals surface area contributed by atoms with Gasteiger partial charge in [-0.2, -0.15) is 0 Å². The first kappa shape index (κ1) is 14.7. The number of aliphatic carboxylic acids is 1. The van der Waals surface area contributed by atoms with Crippen LogP contribution in [0.1, 0.15) is 23.4 Å². The molecule has 1 aromatic heterocycles. The van der Waals surface area contributed by atoms with Crippen LogP contribution in [0.2, 0.25) is 0 Å². The Balaban J connectivity index is 2.72. The predicted octanol–water partition coefficient (Wildman–Crippen LogP) is -0.492. The Kier molecular flexibility index (Phi) is 4.65. The van der Waals surface area contributed by atoms with Crippen LogP contribution in [0.15, 0.2) is 22.8 Å². The van der Waals surface area contributed by atoms with Gasteiger partial charge in [0.2, 0.25) is 5.78 Å². The van der Waals surface area contributed by atoms with Gasteiger partial charge >= 0.3 is 5.97 Å². The van der Waals surface area contributed by atoms with Gasteiger partial charge in [0.25, 0.3) is 0 Å². The maximum absolute atomic E-state index is 12.0. The summed E-state index contributed by atoms with van der Waals surface area (Å²) >= 11 is 0. The summed E-state index contributed by atoms with van der Waals surface area (Å²) in [5.74, 6) is -2.52. The number of carbonyl (C=O) groups excluding carboxylic acids is 1. The third kappa shape index (κ3) is 3.55. The monoisotopic (exact) mass is 268 g/mol. The molecule has 8 heteroatoms. The zero-order valence-corrected chi connectivity index (χ0v) is 10.2. The molecule has 1 atom stereocenters. The molecular formula is C11H16N4O4. The van der Waals surface area contributed by atoms with E-state index < -0.39 is 17.3 Å². The van der Waals surface area contributed by atoms with Gasteiger partial charge in [-0.25, -0.2) is 4.79 Å². The fourth-order valence-electron chi connectivity index (χ4n) is 1.54. The van der Waals surface area contributed by atoms with Crippen molar-refractivity contribution >= 4 is 17.7 Å². The van der Waals surface area contributed by atoms with Gasteiger partial charge in [-0.05, 0) is 25.0 Å². The molecule has 0 aliphatic heterocycles. The van der Waals surface area contributed by atoms with Gasteiger partial charge < -0.3 is 26.3 Å². The maximum Gasteiger partial charge on any atom is 0.331 e. The van der Waals surface area contributed by atoms with Crippen molar-refractivity contribution in [2.45, 2.75) is 18.4 Å². The van der Waals surface area contributed by atoms with Crippen LogP contribution in [-0.4, -0.2) is 34.9 Å². The number of nitrogens with two attached hydrogens (primary N) is 2. The molecule has 0 bridgehead atoms. The van der Waals surface area contributed by atoms with E-state index in [2.05, 4.69) is 5.32 Å². The van der Waals surface area contributed by atoms with Crippen molar-refractivity contribution < 1.29 is 19.1 Å². The van der Waals surface area contributed by atoms with E-state index in [1.165, 1.54) is 18.4 Å². The van der Waals surface area contributed by atoms with Crippen molar-refractivity contribution in [3.05, 3.63) is 24.2 Å². The van der Waals surface area contributed by atoms with Gasteiger partial charge in [-0.15, -0.1) is 0 Å². The molecule has 0 radical (unpaired) electrons. The van der Waals surface area contributed by atoms with Crippen molar-refractivity contribution in [1.29, 1.82) is 5.41 Å². The molecule has 1 rings (SSSR count). The van der Waals surface area contributed by atoms with E-state index in [-0.39, 0.29) is 31.1 Å². The molecule has 0 amide bonds. The summed E-state index contributed by atoms with van der Waals surface area (Å²) in [6, 6.07) is 2.84. The second-order valence-corrected chi connectivity index (χ2v) is 4.03. The number of nitrogens with one attached hydrogen (secondary N) is 2. The minimum atomic E-state index is -2.05. The Labute approximate surface area is 109 Å². The zero-order chi connectivity index (χ0) is 14.5. The van der Waals surface area contributed by atoms with Crippen molar-refractivity contribution in [3.63, 3.8) is 0 Å². The second kappa shape index (κ2) is 6.01. The summed E-state index contributed by atoms with van der Waals surface area (Å²) in [4.78, 5) is 23.2. The molecule has 19 heavy (non-hydrogen) atoms. The first-order chi connectivity index (χ1) is 8.88. The molecule has 1 aromatic rings. The molecule has 0 saturated carbocycles. The Hall–Kier alpha value is -2.35. The minimum absolute atomic E-state index is 0.0931. The van der Waals surface area contributed by atoms with E-state index in [0.717, 1.165) is 0 Å². The predicted molar refractivity (Wildman–Crippen MR) is 66.7 cm³/mol. The zero-order valence-electron chi connectivity index (χ0n) is 10.2. The lowest BCUT2D eigenvalue weighted by Gasteiger charge is -2.22. The number of carboxylic acid groups (broad SMARTS) is 1. The normalized spacial score (nSPS) is 13.5. The summed E-state index contributed by atoms with van der Waals surface area (Å²) in [7, 11) is 0. The molecule has 0 fully saturated rings. The summed E-state index contributed by atoms with van der Waals surface area (Å²) in [5, 5.41) is 18.6. The Morgan fingerprint density at radius 1 is 1.53 bits per heavy atom. The second-order valence-electron chi connectivity index (χ2n) is 4.03. The molecule has 104 valence electrons.